The van der Waals surface area contributed by atoms with Gasteiger partial charge in [0.15, 0.2) is 11.5 Å². The molecule has 0 spiro atoms. The fraction of sp³-hybridized carbons (Fsp3) is 0.161. The molecule has 0 saturated heterocycles. The Morgan fingerprint density at radius 1 is 0.842 bits per heavy atom. The zero-order chi connectivity index (χ0) is 26.5. The van der Waals surface area contributed by atoms with Crippen LogP contribution in [0.1, 0.15) is 32.6 Å². The van der Waals surface area contributed by atoms with Gasteiger partial charge >= 0.3 is 0 Å². The van der Waals surface area contributed by atoms with E-state index < -0.39 is 0 Å². The lowest BCUT2D eigenvalue weighted by Crippen LogP contribution is -2.31. The summed E-state index contributed by atoms with van der Waals surface area (Å²) in [6.45, 7) is 2.71. The SMILES string of the molecule is Cc1ccccc1C(=O)N(Cc1ccc(F)cc1)c1cccc(CC(=O)NCc2ccc3c(c2)OCO3)c1. The van der Waals surface area contributed by atoms with Crippen molar-refractivity contribution in [3.05, 3.63) is 125 Å². The number of ether oxygens (including phenoxy) is 2. The van der Waals surface area contributed by atoms with E-state index in [4.69, 9.17) is 9.47 Å². The number of fused-ring (bicyclic) bond motifs is 1. The van der Waals surface area contributed by atoms with Gasteiger partial charge < -0.3 is 19.7 Å². The van der Waals surface area contributed by atoms with Gasteiger partial charge in [0.2, 0.25) is 12.7 Å². The molecule has 0 unspecified atom stereocenters. The van der Waals surface area contributed by atoms with Gasteiger partial charge in [-0.25, -0.2) is 4.39 Å². The van der Waals surface area contributed by atoms with Crippen LogP contribution in [0.15, 0.2) is 91.0 Å². The highest BCUT2D eigenvalue weighted by molar-refractivity contribution is 6.07. The zero-order valence-corrected chi connectivity index (χ0v) is 20.9. The Balaban J connectivity index is 1.33. The Morgan fingerprint density at radius 3 is 2.42 bits per heavy atom. The van der Waals surface area contributed by atoms with Gasteiger partial charge in [-0.05, 0) is 71.6 Å². The van der Waals surface area contributed by atoms with Gasteiger partial charge in [-0.15, -0.1) is 0 Å². The number of nitrogens with zero attached hydrogens (tertiary/aromatic N) is 1. The minimum Gasteiger partial charge on any atom is -0.454 e. The highest BCUT2D eigenvalue weighted by Crippen LogP contribution is 2.32. The van der Waals surface area contributed by atoms with Crippen molar-refractivity contribution in [1.29, 1.82) is 0 Å². The molecule has 192 valence electrons. The Bertz CT molecular complexity index is 1470. The van der Waals surface area contributed by atoms with Gasteiger partial charge in [-0.2, -0.15) is 0 Å². The van der Waals surface area contributed by atoms with Crippen LogP contribution in [0.3, 0.4) is 0 Å². The summed E-state index contributed by atoms with van der Waals surface area (Å²) in [5.74, 6) is 0.720. The first kappa shape index (κ1) is 25.0. The van der Waals surface area contributed by atoms with Gasteiger partial charge in [0.1, 0.15) is 5.82 Å². The molecule has 4 aromatic carbocycles. The molecular weight excluding hydrogens is 483 g/mol. The summed E-state index contributed by atoms with van der Waals surface area (Å²) in [5, 5.41) is 2.94. The fourth-order valence-corrected chi connectivity index (χ4v) is 4.34. The van der Waals surface area contributed by atoms with Crippen LogP contribution in [0.2, 0.25) is 0 Å². The van der Waals surface area contributed by atoms with Crippen LogP contribution >= 0.6 is 0 Å². The molecule has 0 bridgehead atoms. The molecule has 0 atom stereocenters. The van der Waals surface area contributed by atoms with Crippen molar-refractivity contribution in [2.24, 2.45) is 0 Å². The van der Waals surface area contributed by atoms with Crippen LogP contribution in [0.5, 0.6) is 11.5 Å². The molecule has 0 radical (unpaired) electrons. The van der Waals surface area contributed by atoms with Crippen LogP contribution in [0.4, 0.5) is 10.1 Å². The van der Waals surface area contributed by atoms with Crippen molar-refractivity contribution in [2.45, 2.75) is 26.4 Å². The maximum atomic E-state index is 13.7. The number of nitrogens with one attached hydrogen (secondary N) is 1. The molecule has 1 aliphatic rings. The van der Waals surface area contributed by atoms with E-state index in [9.17, 15) is 14.0 Å². The van der Waals surface area contributed by atoms with Crippen molar-refractivity contribution in [3.63, 3.8) is 0 Å². The number of halogens is 1. The summed E-state index contributed by atoms with van der Waals surface area (Å²) in [6.07, 6.45) is 0.154. The summed E-state index contributed by atoms with van der Waals surface area (Å²) < 4.78 is 24.2. The molecule has 38 heavy (non-hydrogen) atoms. The van der Waals surface area contributed by atoms with Gasteiger partial charge in [0.25, 0.3) is 5.91 Å². The number of hydrogen-bond donors (Lipinski definition) is 1. The van der Waals surface area contributed by atoms with Crippen LogP contribution in [0, 0.1) is 12.7 Å². The van der Waals surface area contributed by atoms with Gasteiger partial charge in [0, 0.05) is 17.8 Å². The molecule has 0 aromatic heterocycles. The second-order valence-electron chi connectivity index (χ2n) is 9.14. The Hall–Kier alpha value is -4.65. The Labute approximate surface area is 220 Å². The number of rotatable bonds is 8. The average molecular weight is 511 g/mol. The van der Waals surface area contributed by atoms with E-state index >= 15 is 0 Å². The highest BCUT2D eigenvalue weighted by Gasteiger charge is 2.21. The Morgan fingerprint density at radius 2 is 1.61 bits per heavy atom. The lowest BCUT2D eigenvalue weighted by Gasteiger charge is -2.24. The summed E-state index contributed by atoms with van der Waals surface area (Å²) >= 11 is 0. The van der Waals surface area contributed by atoms with E-state index in [1.54, 1.807) is 23.1 Å². The molecule has 0 fully saturated rings. The van der Waals surface area contributed by atoms with Gasteiger partial charge in [0.05, 0.1) is 13.0 Å². The van der Waals surface area contributed by atoms with E-state index in [1.807, 2.05) is 67.6 Å². The molecule has 0 aliphatic carbocycles. The van der Waals surface area contributed by atoms with Crippen molar-refractivity contribution in [3.8, 4) is 11.5 Å². The normalized spacial score (nSPS) is 11.7. The molecule has 1 aliphatic heterocycles. The fourth-order valence-electron chi connectivity index (χ4n) is 4.34. The molecule has 0 saturated carbocycles. The predicted octanol–water partition coefficient (Wildman–Crippen LogP) is 5.57. The van der Waals surface area contributed by atoms with Crippen molar-refractivity contribution >= 4 is 17.5 Å². The van der Waals surface area contributed by atoms with Crippen LogP contribution in [0.25, 0.3) is 0 Å². The third kappa shape index (κ3) is 5.83. The van der Waals surface area contributed by atoms with Crippen molar-refractivity contribution in [1.82, 2.24) is 5.32 Å². The molecule has 4 aromatic rings. The lowest BCUT2D eigenvalue weighted by atomic mass is 10.1. The molecular formula is C31H27FN2O4. The minimum atomic E-state index is -0.334. The summed E-state index contributed by atoms with van der Waals surface area (Å²) in [5.41, 5.74) is 4.57. The topological polar surface area (TPSA) is 67.9 Å². The first-order valence-electron chi connectivity index (χ1n) is 12.3. The van der Waals surface area contributed by atoms with E-state index in [0.29, 0.717) is 29.3 Å². The number of aryl methyl sites for hydroxylation is 1. The minimum absolute atomic E-state index is 0.143. The highest BCUT2D eigenvalue weighted by atomic mass is 19.1. The first-order chi connectivity index (χ1) is 18.5. The van der Waals surface area contributed by atoms with E-state index in [0.717, 1.165) is 22.3 Å². The number of carbonyl (C=O) groups excluding carboxylic acids is 2. The third-order valence-electron chi connectivity index (χ3n) is 6.39. The van der Waals surface area contributed by atoms with Crippen molar-refractivity contribution in [2.75, 3.05) is 11.7 Å². The number of carbonyl (C=O) groups is 2. The number of hydrogen-bond acceptors (Lipinski definition) is 4. The maximum Gasteiger partial charge on any atom is 0.258 e. The quantitative estimate of drug-likeness (QED) is 0.337. The lowest BCUT2D eigenvalue weighted by molar-refractivity contribution is -0.120. The molecule has 2 amide bonds. The number of anilines is 1. The smallest absolute Gasteiger partial charge is 0.258 e. The van der Waals surface area contributed by atoms with Crippen LogP contribution in [-0.2, 0) is 24.3 Å². The van der Waals surface area contributed by atoms with E-state index in [2.05, 4.69) is 5.32 Å². The summed E-state index contributed by atoms with van der Waals surface area (Å²) in [6, 6.07) is 26.5. The van der Waals surface area contributed by atoms with Gasteiger partial charge in [-0.1, -0.05) is 48.5 Å². The molecule has 6 nitrogen and oxygen atoms in total. The number of benzene rings is 4. The Kier molecular flexibility index (Phi) is 7.35. The third-order valence-corrected chi connectivity index (χ3v) is 6.39. The van der Waals surface area contributed by atoms with Gasteiger partial charge in [-0.3, -0.25) is 9.59 Å². The molecule has 1 heterocycles. The first-order valence-corrected chi connectivity index (χ1v) is 12.3. The van der Waals surface area contributed by atoms with E-state index in [-0.39, 0.29) is 37.4 Å². The standard InChI is InChI=1S/C31H27FN2O4/c1-21-5-2-3-8-27(21)31(36)34(19-22-9-12-25(32)13-10-22)26-7-4-6-23(15-26)17-30(35)33-18-24-11-14-28-29(16-24)38-20-37-28/h2-16H,17-20H2,1H3,(H,33,35). The maximum absolute atomic E-state index is 13.7. The average Bonchev–Trinajstić information content (AvgIpc) is 3.40. The second-order valence-corrected chi connectivity index (χ2v) is 9.14. The van der Waals surface area contributed by atoms with Crippen LogP contribution < -0.4 is 19.7 Å². The van der Waals surface area contributed by atoms with E-state index in [1.165, 1.54) is 12.1 Å². The molecule has 1 N–H and O–H groups in total. The summed E-state index contributed by atoms with van der Waals surface area (Å²) in [4.78, 5) is 28.1. The predicted molar refractivity (Wildman–Crippen MR) is 143 cm³/mol. The monoisotopic (exact) mass is 510 g/mol. The molecule has 5 rings (SSSR count). The zero-order valence-electron chi connectivity index (χ0n) is 20.9. The largest absolute Gasteiger partial charge is 0.454 e. The summed E-state index contributed by atoms with van der Waals surface area (Å²) in [7, 11) is 0. The van der Waals surface area contributed by atoms with Crippen molar-refractivity contribution < 1.29 is 23.5 Å². The second kappa shape index (κ2) is 11.2. The molecule has 7 heteroatoms. The number of amides is 2. The van der Waals surface area contributed by atoms with Crippen LogP contribution in [-0.4, -0.2) is 18.6 Å².